The molecule has 0 aliphatic carbocycles. The predicted octanol–water partition coefficient (Wildman–Crippen LogP) is 1.52. The fraction of sp³-hybridized carbons (Fsp3) is 0.733. The summed E-state index contributed by atoms with van der Waals surface area (Å²) >= 11 is 0. The van der Waals surface area contributed by atoms with E-state index in [0.29, 0.717) is 12.5 Å². The van der Waals surface area contributed by atoms with Crippen LogP contribution in [0, 0.1) is 5.92 Å². The van der Waals surface area contributed by atoms with Crippen LogP contribution in [-0.2, 0) is 19.6 Å². The molecule has 6 nitrogen and oxygen atoms in total. The molecule has 0 atom stereocenters. The zero-order chi connectivity index (χ0) is 15.4. The molecule has 1 N–H and O–H groups in total. The Bertz CT molecular complexity index is 480. The Morgan fingerprint density at radius 1 is 1.43 bits per heavy atom. The summed E-state index contributed by atoms with van der Waals surface area (Å²) in [5.41, 5.74) is 2.19. The number of aryl methyl sites for hydroxylation is 1. The number of amides is 2. The summed E-state index contributed by atoms with van der Waals surface area (Å²) in [6.45, 7) is 9.17. The van der Waals surface area contributed by atoms with Crippen LogP contribution >= 0.6 is 0 Å². The van der Waals surface area contributed by atoms with Crippen molar-refractivity contribution in [3.63, 3.8) is 0 Å². The van der Waals surface area contributed by atoms with Crippen LogP contribution in [0.2, 0.25) is 0 Å². The van der Waals surface area contributed by atoms with E-state index in [1.807, 2.05) is 0 Å². The lowest BCUT2D eigenvalue weighted by molar-refractivity contribution is 0.217. The molecule has 0 aromatic carbocycles. The lowest BCUT2D eigenvalue weighted by Gasteiger charge is -2.21. The number of rotatable bonds is 4. The molecule has 2 heterocycles. The van der Waals surface area contributed by atoms with Gasteiger partial charge in [0.05, 0.1) is 17.9 Å². The zero-order valence-electron chi connectivity index (χ0n) is 13.6. The quantitative estimate of drug-likeness (QED) is 0.915. The van der Waals surface area contributed by atoms with Crippen LogP contribution in [0.4, 0.5) is 4.79 Å². The second-order valence-corrected chi connectivity index (χ2v) is 6.39. The van der Waals surface area contributed by atoms with E-state index in [1.54, 1.807) is 14.1 Å². The van der Waals surface area contributed by atoms with Crippen molar-refractivity contribution in [2.45, 2.75) is 39.9 Å². The highest BCUT2D eigenvalue weighted by Gasteiger charge is 2.17. The van der Waals surface area contributed by atoms with Crippen molar-refractivity contribution in [1.82, 2.24) is 24.9 Å². The van der Waals surface area contributed by atoms with Crippen molar-refractivity contribution in [3.8, 4) is 0 Å². The van der Waals surface area contributed by atoms with E-state index in [-0.39, 0.29) is 6.03 Å². The van der Waals surface area contributed by atoms with Gasteiger partial charge in [0, 0.05) is 40.3 Å². The van der Waals surface area contributed by atoms with Gasteiger partial charge in [0.25, 0.3) is 0 Å². The summed E-state index contributed by atoms with van der Waals surface area (Å²) in [7, 11) is 3.48. The first-order chi connectivity index (χ1) is 9.95. The maximum atomic E-state index is 11.6. The van der Waals surface area contributed by atoms with E-state index in [1.165, 1.54) is 10.6 Å². The van der Waals surface area contributed by atoms with Crippen molar-refractivity contribution in [2.75, 3.05) is 27.2 Å². The summed E-state index contributed by atoms with van der Waals surface area (Å²) < 4.78 is 2.09. The van der Waals surface area contributed by atoms with Gasteiger partial charge in [-0.1, -0.05) is 13.8 Å². The SMILES string of the molecule is CC(C)CN1CCCn2nc(CNC(=O)N(C)C)cc2C1. The third kappa shape index (κ3) is 4.46. The van der Waals surface area contributed by atoms with Crippen molar-refractivity contribution in [1.29, 1.82) is 0 Å². The number of urea groups is 1. The molecule has 0 saturated heterocycles. The number of aromatic nitrogens is 2. The highest BCUT2D eigenvalue weighted by atomic mass is 16.2. The maximum Gasteiger partial charge on any atom is 0.317 e. The maximum absolute atomic E-state index is 11.6. The molecule has 0 spiro atoms. The van der Waals surface area contributed by atoms with E-state index in [4.69, 9.17) is 0 Å². The van der Waals surface area contributed by atoms with Crippen LogP contribution in [0.15, 0.2) is 6.07 Å². The molecule has 1 aromatic heterocycles. The van der Waals surface area contributed by atoms with E-state index in [2.05, 4.69) is 39.9 Å². The number of nitrogens with one attached hydrogen (secondary N) is 1. The van der Waals surface area contributed by atoms with Crippen molar-refractivity contribution in [3.05, 3.63) is 17.5 Å². The van der Waals surface area contributed by atoms with E-state index < -0.39 is 0 Å². The first kappa shape index (κ1) is 15.8. The van der Waals surface area contributed by atoms with Crippen molar-refractivity contribution in [2.24, 2.45) is 5.92 Å². The van der Waals surface area contributed by atoms with Gasteiger partial charge in [-0.25, -0.2) is 4.79 Å². The summed E-state index contributed by atoms with van der Waals surface area (Å²) in [4.78, 5) is 15.6. The first-order valence-corrected chi connectivity index (χ1v) is 7.69. The average Bonchev–Trinajstić information content (AvgIpc) is 2.68. The predicted molar refractivity (Wildman–Crippen MR) is 82.9 cm³/mol. The Balaban J connectivity index is 1.98. The molecule has 0 radical (unpaired) electrons. The van der Waals surface area contributed by atoms with Gasteiger partial charge in [-0.2, -0.15) is 5.10 Å². The zero-order valence-corrected chi connectivity index (χ0v) is 13.6. The number of fused-ring (bicyclic) bond motifs is 1. The monoisotopic (exact) mass is 293 g/mol. The van der Waals surface area contributed by atoms with Gasteiger partial charge in [0.2, 0.25) is 0 Å². The average molecular weight is 293 g/mol. The minimum absolute atomic E-state index is 0.0837. The molecule has 1 aliphatic heterocycles. The highest BCUT2D eigenvalue weighted by molar-refractivity contribution is 5.73. The molecule has 0 saturated carbocycles. The van der Waals surface area contributed by atoms with E-state index in [9.17, 15) is 4.79 Å². The van der Waals surface area contributed by atoms with Gasteiger partial charge in [0.15, 0.2) is 0 Å². The molecular formula is C15H27N5O. The smallest absolute Gasteiger partial charge is 0.317 e. The molecule has 2 amide bonds. The van der Waals surface area contributed by atoms with Crippen molar-refractivity contribution >= 4 is 6.03 Å². The lowest BCUT2D eigenvalue weighted by Crippen LogP contribution is -2.34. The number of nitrogens with zero attached hydrogens (tertiary/aromatic N) is 4. The number of hydrogen-bond donors (Lipinski definition) is 1. The Morgan fingerprint density at radius 2 is 2.19 bits per heavy atom. The molecule has 0 bridgehead atoms. The Morgan fingerprint density at radius 3 is 2.86 bits per heavy atom. The van der Waals surface area contributed by atoms with Crippen LogP contribution < -0.4 is 5.32 Å². The Kier molecular flexibility index (Phi) is 5.22. The summed E-state index contributed by atoms with van der Waals surface area (Å²) in [5, 5.41) is 7.48. The highest BCUT2D eigenvalue weighted by Crippen LogP contribution is 2.15. The largest absolute Gasteiger partial charge is 0.332 e. The Labute approximate surface area is 127 Å². The van der Waals surface area contributed by atoms with Gasteiger partial charge in [-0.15, -0.1) is 0 Å². The fourth-order valence-electron chi connectivity index (χ4n) is 2.67. The minimum Gasteiger partial charge on any atom is -0.332 e. The van der Waals surface area contributed by atoms with Crippen LogP contribution in [0.5, 0.6) is 0 Å². The van der Waals surface area contributed by atoms with Crippen LogP contribution in [-0.4, -0.2) is 52.8 Å². The van der Waals surface area contributed by atoms with E-state index in [0.717, 1.165) is 38.3 Å². The summed E-state index contributed by atoms with van der Waals surface area (Å²) in [6, 6.07) is 2.04. The number of carbonyl (C=O) groups is 1. The minimum atomic E-state index is -0.0837. The molecule has 0 fully saturated rings. The van der Waals surface area contributed by atoms with Crippen LogP contribution in [0.25, 0.3) is 0 Å². The fourth-order valence-corrected chi connectivity index (χ4v) is 2.67. The van der Waals surface area contributed by atoms with Crippen molar-refractivity contribution < 1.29 is 4.79 Å². The second kappa shape index (κ2) is 6.93. The van der Waals surface area contributed by atoms with Gasteiger partial charge in [-0.3, -0.25) is 9.58 Å². The number of carbonyl (C=O) groups excluding carboxylic acids is 1. The third-order valence-corrected chi connectivity index (χ3v) is 3.59. The second-order valence-electron chi connectivity index (χ2n) is 6.39. The van der Waals surface area contributed by atoms with Gasteiger partial charge in [-0.05, 0) is 18.4 Å². The summed E-state index contributed by atoms with van der Waals surface area (Å²) in [5.74, 6) is 0.679. The molecule has 1 aliphatic rings. The number of hydrogen-bond acceptors (Lipinski definition) is 3. The van der Waals surface area contributed by atoms with Crippen LogP contribution in [0.3, 0.4) is 0 Å². The lowest BCUT2D eigenvalue weighted by atomic mass is 10.2. The van der Waals surface area contributed by atoms with Gasteiger partial charge >= 0.3 is 6.03 Å². The first-order valence-electron chi connectivity index (χ1n) is 7.69. The van der Waals surface area contributed by atoms with E-state index >= 15 is 0 Å². The molecule has 118 valence electrons. The Hall–Kier alpha value is -1.56. The molecule has 2 rings (SSSR count). The summed E-state index contributed by atoms with van der Waals surface area (Å²) in [6.07, 6.45) is 1.13. The molecule has 21 heavy (non-hydrogen) atoms. The molecule has 6 heteroatoms. The normalized spacial score (nSPS) is 15.7. The molecule has 0 unspecified atom stereocenters. The third-order valence-electron chi connectivity index (χ3n) is 3.59. The molecule has 1 aromatic rings. The topological polar surface area (TPSA) is 53.4 Å². The molecular weight excluding hydrogens is 266 g/mol. The standard InChI is InChI=1S/C15H27N5O/c1-12(2)10-19-6-5-7-20-14(11-19)8-13(17-20)9-16-15(21)18(3)4/h8,12H,5-7,9-11H2,1-4H3,(H,16,21). The van der Waals surface area contributed by atoms with Crippen LogP contribution in [0.1, 0.15) is 31.7 Å². The van der Waals surface area contributed by atoms with Gasteiger partial charge < -0.3 is 10.2 Å². The van der Waals surface area contributed by atoms with Gasteiger partial charge in [0.1, 0.15) is 0 Å².